The molecule has 2 amide bonds. The summed E-state index contributed by atoms with van der Waals surface area (Å²) >= 11 is 0. The molecule has 3 aromatic rings. The largest absolute Gasteiger partial charge is 0.390 e. The van der Waals surface area contributed by atoms with Gasteiger partial charge in [-0.1, -0.05) is 60.7 Å². The molecule has 4 N–H and O–H groups in total. The molecule has 39 heavy (non-hydrogen) atoms. The zero-order chi connectivity index (χ0) is 27.8. The van der Waals surface area contributed by atoms with Crippen molar-refractivity contribution in [3.05, 3.63) is 95.6 Å². The van der Waals surface area contributed by atoms with E-state index in [4.69, 9.17) is 0 Å². The van der Waals surface area contributed by atoms with E-state index in [1.54, 1.807) is 17.0 Å². The second-order valence-corrected chi connectivity index (χ2v) is 10.7. The summed E-state index contributed by atoms with van der Waals surface area (Å²) in [5.41, 5.74) is 3.73. The molecule has 4 rings (SSSR count). The fraction of sp³-hybridized carbons (Fsp3) is 0.375. The quantitative estimate of drug-likeness (QED) is 0.278. The highest BCUT2D eigenvalue weighted by Crippen LogP contribution is 2.27. The fourth-order valence-corrected chi connectivity index (χ4v) is 4.99. The van der Waals surface area contributed by atoms with Crippen molar-refractivity contribution in [2.45, 2.75) is 57.7 Å². The van der Waals surface area contributed by atoms with Crippen molar-refractivity contribution in [2.75, 3.05) is 29.9 Å². The molecule has 0 radical (unpaired) electrons. The first kappa shape index (κ1) is 28.3. The topological polar surface area (TPSA) is 93.7 Å². The molecule has 0 bridgehead atoms. The smallest absolute Gasteiger partial charge is 0.251 e. The maximum Gasteiger partial charge on any atom is 0.251 e. The summed E-state index contributed by atoms with van der Waals surface area (Å²) < 4.78 is 0. The van der Waals surface area contributed by atoms with Gasteiger partial charge in [-0.15, -0.1) is 0 Å². The van der Waals surface area contributed by atoms with E-state index in [0.717, 1.165) is 23.2 Å². The number of nitrogens with one attached hydrogen (secondary N) is 3. The van der Waals surface area contributed by atoms with Gasteiger partial charge in [-0.05, 0) is 62.9 Å². The van der Waals surface area contributed by atoms with E-state index in [0.29, 0.717) is 43.7 Å². The lowest BCUT2D eigenvalue weighted by atomic mass is 9.93. The number of hydrogen-bond acceptors (Lipinski definition) is 5. The molecule has 7 nitrogen and oxygen atoms in total. The summed E-state index contributed by atoms with van der Waals surface area (Å²) in [5, 5.41) is 21.2. The van der Waals surface area contributed by atoms with Crippen LogP contribution in [0, 0.1) is 0 Å². The second kappa shape index (κ2) is 12.9. The summed E-state index contributed by atoms with van der Waals surface area (Å²) in [5.74, 6) is -0.218. The molecule has 1 fully saturated rings. The molecule has 2 unspecified atom stereocenters. The number of amides is 2. The molecule has 0 spiro atoms. The molecule has 1 heterocycles. The number of benzene rings is 3. The fourth-order valence-electron chi connectivity index (χ4n) is 4.99. The molecule has 7 heteroatoms. The SMILES string of the molecule is CCNc1cc(C(=O)NC(Cc2ccccc2)C(O)CNC(C)(C)c2ccccc2)cc(N2CCCC2=O)c1. The molecule has 1 aliphatic rings. The molecule has 0 saturated carbocycles. The third-order valence-corrected chi connectivity index (χ3v) is 7.27. The Kier molecular flexibility index (Phi) is 9.38. The van der Waals surface area contributed by atoms with Crippen molar-refractivity contribution < 1.29 is 14.7 Å². The first-order valence-corrected chi connectivity index (χ1v) is 13.8. The van der Waals surface area contributed by atoms with Crippen molar-refractivity contribution in [1.82, 2.24) is 10.6 Å². The van der Waals surface area contributed by atoms with Gasteiger partial charge in [0, 0.05) is 48.5 Å². The number of anilines is 2. The monoisotopic (exact) mass is 528 g/mol. The summed E-state index contributed by atoms with van der Waals surface area (Å²) in [6.07, 6.45) is 0.966. The Balaban J connectivity index is 1.54. The number of hydrogen-bond donors (Lipinski definition) is 4. The Labute approximate surface area is 231 Å². The Bertz CT molecular complexity index is 1250. The van der Waals surface area contributed by atoms with E-state index in [2.05, 4.69) is 41.9 Å². The van der Waals surface area contributed by atoms with Gasteiger partial charge in [0.15, 0.2) is 0 Å². The number of rotatable bonds is 12. The number of nitrogens with zero attached hydrogens (tertiary/aromatic N) is 1. The van der Waals surface area contributed by atoms with Crippen molar-refractivity contribution in [3.63, 3.8) is 0 Å². The molecule has 206 valence electrons. The van der Waals surface area contributed by atoms with Crippen LogP contribution in [0.4, 0.5) is 11.4 Å². The highest BCUT2D eigenvalue weighted by Gasteiger charge is 2.28. The van der Waals surface area contributed by atoms with Crippen LogP contribution >= 0.6 is 0 Å². The zero-order valence-corrected chi connectivity index (χ0v) is 23.1. The van der Waals surface area contributed by atoms with Crippen LogP contribution in [0.5, 0.6) is 0 Å². The van der Waals surface area contributed by atoms with Gasteiger partial charge < -0.3 is 26.0 Å². The second-order valence-electron chi connectivity index (χ2n) is 10.7. The Morgan fingerprint density at radius 1 is 1.03 bits per heavy atom. The van der Waals surface area contributed by atoms with E-state index in [9.17, 15) is 14.7 Å². The number of carbonyl (C=O) groups is 2. The van der Waals surface area contributed by atoms with Gasteiger partial charge in [-0.25, -0.2) is 0 Å². The number of aliphatic hydroxyl groups excluding tert-OH is 1. The van der Waals surface area contributed by atoms with Gasteiger partial charge in [0.05, 0.1) is 12.1 Å². The average Bonchev–Trinajstić information content (AvgIpc) is 3.38. The standard InChI is InChI=1S/C32H40N4O3/c1-4-33-26-19-24(20-27(21-26)36-17-11-16-30(36)38)31(39)35-28(18-23-12-7-5-8-13-23)29(37)22-34-32(2,3)25-14-9-6-10-15-25/h5-10,12-15,19-21,28-29,33-34,37H,4,11,16-18,22H2,1-3H3,(H,35,39). The molecular weight excluding hydrogens is 488 g/mol. The van der Waals surface area contributed by atoms with E-state index < -0.39 is 12.1 Å². The maximum atomic E-state index is 13.6. The summed E-state index contributed by atoms with van der Waals surface area (Å²) in [6.45, 7) is 7.78. The van der Waals surface area contributed by atoms with Crippen LogP contribution in [0.25, 0.3) is 0 Å². The normalized spacial score (nSPS) is 15.2. The summed E-state index contributed by atoms with van der Waals surface area (Å²) in [6, 6.07) is 24.9. The van der Waals surface area contributed by atoms with Crippen LogP contribution in [0.1, 0.15) is 55.1 Å². The molecule has 0 aliphatic carbocycles. The minimum Gasteiger partial charge on any atom is -0.390 e. The summed E-state index contributed by atoms with van der Waals surface area (Å²) in [4.78, 5) is 27.8. The van der Waals surface area contributed by atoms with Gasteiger partial charge in [-0.2, -0.15) is 0 Å². The molecule has 0 aromatic heterocycles. The lowest BCUT2D eigenvalue weighted by molar-refractivity contribution is -0.117. The molecule has 2 atom stereocenters. The highest BCUT2D eigenvalue weighted by atomic mass is 16.3. The predicted molar refractivity (Wildman–Crippen MR) is 157 cm³/mol. The number of carbonyl (C=O) groups excluding carboxylic acids is 2. The Morgan fingerprint density at radius 2 is 1.72 bits per heavy atom. The third-order valence-electron chi connectivity index (χ3n) is 7.27. The van der Waals surface area contributed by atoms with E-state index >= 15 is 0 Å². The lowest BCUT2D eigenvalue weighted by Crippen LogP contribution is -2.51. The number of aliphatic hydroxyl groups is 1. The van der Waals surface area contributed by atoms with Crippen LogP contribution in [0.2, 0.25) is 0 Å². The zero-order valence-electron chi connectivity index (χ0n) is 23.1. The van der Waals surface area contributed by atoms with Crippen molar-refractivity contribution in [2.24, 2.45) is 0 Å². The van der Waals surface area contributed by atoms with Crippen LogP contribution in [-0.4, -0.2) is 48.7 Å². The van der Waals surface area contributed by atoms with E-state index in [1.807, 2.05) is 61.5 Å². The van der Waals surface area contributed by atoms with Crippen molar-refractivity contribution >= 4 is 23.2 Å². The van der Waals surface area contributed by atoms with Crippen LogP contribution in [0.15, 0.2) is 78.9 Å². The molecule has 1 saturated heterocycles. The lowest BCUT2D eigenvalue weighted by Gasteiger charge is -2.31. The Hall–Kier alpha value is -3.68. The van der Waals surface area contributed by atoms with Gasteiger partial charge in [0.1, 0.15) is 0 Å². The minimum absolute atomic E-state index is 0.0690. The van der Waals surface area contributed by atoms with Crippen LogP contribution in [-0.2, 0) is 16.8 Å². The minimum atomic E-state index is -0.839. The van der Waals surface area contributed by atoms with Crippen LogP contribution < -0.4 is 20.9 Å². The van der Waals surface area contributed by atoms with Crippen molar-refractivity contribution in [3.8, 4) is 0 Å². The average molecular weight is 529 g/mol. The van der Waals surface area contributed by atoms with Crippen molar-refractivity contribution in [1.29, 1.82) is 0 Å². The molecule has 3 aromatic carbocycles. The predicted octanol–water partition coefficient (Wildman–Crippen LogP) is 4.47. The first-order valence-electron chi connectivity index (χ1n) is 13.8. The van der Waals surface area contributed by atoms with Gasteiger partial charge in [0.25, 0.3) is 5.91 Å². The van der Waals surface area contributed by atoms with Gasteiger partial charge in [0.2, 0.25) is 5.91 Å². The molecular formula is C32H40N4O3. The van der Waals surface area contributed by atoms with Gasteiger partial charge in [-0.3, -0.25) is 9.59 Å². The third kappa shape index (κ3) is 7.46. The molecule has 1 aliphatic heterocycles. The van der Waals surface area contributed by atoms with E-state index in [-0.39, 0.29) is 17.4 Å². The Morgan fingerprint density at radius 3 is 2.36 bits per heavy atom. The van der Waals surface area contributed by atoms with E-state index in [1.165, 1.54) is 0 Å². The highest BCUT2D eigenvalue weighted by molar-refractivity contribution is 6.00. The maximum absolute atomic E-state index is 13.6. The van der Waals surface area contributed by atoms with Gasteiger partial charge >= 0.3 is 0 Å². The van der Waals surface area contributed by atoms with Crippen LogP contribution in [0.3, 0.4) is 0 Å². The summed E-state index contributed by atoms with van der Waals surface area (Å²) in [7, 11) is 0. The first-order chi connectivity index (χ1) is 18.8.